The van der Waals surface area contributed by atoms with Crippen molar-refractivity contribution in [1.82, 2.24) is 4.90 Å². The first-order valence-electron chi connectivity index (χ1n) is 5.00. The Kier molecular flexibility index (Phi) is 6.19. The second kappa shape index (κ2) is 6.29. The van der Waals surface area contributed by atoms with Crippen LogP contribution < -0.4 is 0 Å². The Labute approximate surface area is 83.2 Å². The summed E-state index contributed by atoms with van der Waals surface area (Å²) in [5.74, 6) is 0. The minimum Gasteiger partial charge on any atom is -0.448 e. The van der Waals surface area contributed by atoms with Crippen LogP contribution in [-0.4, -0.2) is 42.6 Å². The van der Waals surface area contributed by atoms with Gasteiger partial charge in [-0.1, -0.05) is 13.8 Å². The molecule has 0 aromatic heterocycles. The molecular formula is C8H18BF3NO-. The van der Waals surface area contributed by atoms with E-state index in [1.807, 2.05) is 13.8 Å². The summed E-state index contributed by atoms with van der Waals surface area (Å²) in [5.41, 5.74) is 0. The number of hydrogen-bond acceptors (Lipinski definition) is 2. The molecule has 0 aliphatic rings. The first kappa shape index (κ1) is 13.8. The third-order valence-electron chi connectivity index (χ3n) is 2.29. The molecule has 0 aliphatic heterocycles. The largest absolute Gasteiger partial charge is 0.492 e. The number of rotatable bonds is 7. The Morgan fingerprint density at radius 1 is 1.21 bits per heavy atom. The maximum absolute atomic E-state index is 12.2. The molecule has 0 aromatic carbocycles. The molecule has 0 fully saturated rings. The van der Waals surface area contributed by atoms with Crippen molar-refractivity contribution in [2.24, 2.45) is 0 Å². The maximum atomic E-state index is 12.2. The highest BCUT2D eigenvalue weighted by Gasteiger charge is 2.28. The van der Waals surface area contributed by atoms with Crippen LogP contribution in [0.2, 0.25) is 0 Å². The zero-order valence-corrected chi connectivity index (χ0v) is 8.72. The van der Waals surface area contributed by atoms with Crippen molar-refractivity contribution in [3.63, 3.8) is 0 Å². The highest BCUT2D eigenvalue weighted by Crippen LogP contribution is 2.15. The van der Waals surface area contributed by atoms with Gasteiger partial charge in [0.1, 0.15) is 0 Å². The summed E-state index contributed by atoms with van der Waals surface area (Å²) >= 11 is 0. The van der Waals surface area contributed by atoms with Crippen LogP contribution in [0.5, 0.6) is 0 Å². The van der Waals surface area contributed by atoms with Crippen LogP contribution in [0.4, 0.5) is 12.9 Å². The molecule has 0 saturated carbocycles. The summed E-state index contributed by atoms with van der Waals surface area (Å²) in [5, 5.41) is 8.67. The molecule has 0 spiro atoms. The van der Waals surface area contributed by atoms with E-state index < -0.39 is 13.4 Å². The van der Waals surface area contributed by atoms with E-state index >= 15 is 0 Å². The SMILES string of the molecule is CCC(CC)N(CCO)C[B-](F)(F)F. The van der Waals surface area contributed by atoms with Gasteiger partial charge in [0.25, 0.3) is 0 Å². The van der Waals surface area contributed by atoms with Crippen LogP contribution >= 0.6 is 0 Å². The topological polar surface area (TPSA) is 23.5 Å². The van der Waals surface area contributed by atoms with Crippen molar-refractivity contribution in [3.8, 4) is 0 Å². The van der Waals surface area contributed by atoms with Crippen molar-refractivity contribution < 1.29 is 18.1 Å². The van der Waals surface area contributed by atoms with Crippen LogP contribution in [0.15, 0.2) is 0 Å². The minimum atomic E-state index is -4.79. The van der Waals surface area contributed by atoms with Gasteiger partial charge in [-0.2, -0.15) is 0 Å². The zero-order chi connectivity index (χ0) is 11.2. The van der Waals surface area contributed by atoms with Crippen molar-refractivity contribution in [1.29, 1.82) is 0 Å². The summed E-state index contributed by atoms with van der Waals surface area (Å²) in [4.78, 5) is 1.32. The molecule has 14 heavy (non-hydrogen) atoms. The second-order valence-electron chi connectivity index (χ2n) is 3.40. The fourth-order valence-corrected chi connectivity index (χ4v) is 1.62. The maximum Gasteiger partial charge on any atom is 0.492 e. The third-order valence-corrected chi connectivity index (χ3v) is 2.29. The van der Waals surface area contributed by atoms with Crippen molar-refractivity contribution in [3.05, 3.63) is 0 Å². The van der Waals surface area contributed by atoms with Crippen LogP contribution in [0.3, 0.4) is 0 Å². The summed E-state index contributed by atoms with van der Waals surface area (Å²) < 4.78 is 36.6. The lowest BCUT2D eigenvalue weighted by atomic mass is 9.89. The molecule has 0 saturated heterocycles. The first-order valence-corrected chi connectivity index (χ1v) is 5.00. The molecule has 0 bridgehead atoms. The Balaban J connectivity index is 4.26. The number of hydrogen-bond donors (Lipinski definition) is 1. The average Bonchev–Trinajstić information content (AvgIpc) is 2.04. The molecule has 0 aliphatic carbocycles. The molecule has 0 radical (unpaired) electrons. The lowest BCUT2D eigenvalue weighted by molar-refractivity contribution is 0.152. The molecule has 0 unspecified atom stereocenters. The van der Waals surface area contributed by atoms with E-state index in [4.69, 9.17) is 5.11 Å². The van der Waals surface area contributed by atoms with Gasteiger partial charge in [-0.3, -0.25) is 0 Å². The van der Waals surface area contributed by atoms with E-state index in [-0.39, 0.29) is 19.2 Å². The van der Waals surface area contributed by atoms with E-state index in [1.165, 1.54) is 4.90 Å². The molecule has 0 amide bonds. The molecular weight excluding hydrogens is 194 g/mol. The van der Waals surface area contributed by atoms with Gasteiger partial charge >= 0.3 is 6.98 Å². The molecule has 0 aromatic rings. The van der Waals surface area contributed by atoms with E-state index in [0.29, 0.717) is 12.8 Å². The zero-order valence-electron chi connectivity index (χ0n) is 8.72. The van der Waals surface area contributed by atoms with Gasteiger partial charge in [0, 0.05) is 12.6 Å². The van der Waals surface area contributed by atoms with Crippen LogP contribution in [-0.2, 0) is 0 Å². The third kappa shape index (κ3) is 5.49. The molecule has 0 rings (SSSR count). The Morgan fingerprint density at radius 3 is 2.00 bits per heavy atom. The van der Waals surface area contributed by atoms with Gasteiger partial charge in [-0.15, -0.1) is 0 Å². The second-order valence-corrected chi connectivity index (χ2v) is 3.40. The monoisotopic (exact) mass is 212 g/mol. The number of aliphatic hydroxyl groups excluding tert-OH is 1. The van der Waals surface area contributed by atoms with Gasteiger partial charge in [-0.05, 0) is 19.3 Å². The van der Waals surface area contributed by atoms with Crippen LogP contribution in [0, 0.1) is 0 Å². The summed E-state index contributed by atoms with van der Waals surface area (Å²) in [6, 6.07) is -0.0781. The summed E-state index contributed by atoms with van der Waals surface area (Å²) in [6.07, 6.45) is 0.498. The van der Waals surface area contributed by atoms with E-state index in [0.717, 1.165) is 0 Å². The lowest BCUT2D eigenvalue weighted by Crippen LogP contribution is -2.45. The molecule has 1 N–H and O–H groups in total. The predicted octanol–water partition coefficient (Wildman–Crippen LogP) is 1.86. The normalized spacial score (nSPS) is 12.9. The number of halogens is 3. The number of nitrogens with zero attached hydrogens (tertiary/aromatic N) is 1. The molecule has 86 valence electrons. The van der Waals surface area contributed by atoms with Gasteiger partial charge in [0.2, 0.25) is 0 Å². The van der Waals surface area contributed by atoms with E-state index in [1.54, 1.807) is 0 Å². The predicted molar refractivity (Wildman–Crippen MR) is 52.1 cm³/mol. The molecule has 0 heterocycles. The highest BCUT2D eigenvalue weighted by atomic mass is 19.4. The van der Waals surface area contributed by atoms with E-state index in [9.17, 15) is 12.9 Å². The van der Waals surface area contributed by atoms with Crippen molar-refractivity contribution in [2.75, 3.05) is 19.6 Å². The molecule has 6 heteroatoms. The van der Waals surface area contributed by atoms with Gasteiger partial charge in [-0.25, -0.2) is 0 Å². The fraction of sp³-hybridized carbons (Fsp3) is 1.00. The first-order chi connectivity index (χ1) is 6.44. The smallest absolute Gasteiger partial charge is 0.448 e. The van der Waals surface area contributed by atoms with Gasteiger partial charge in [0.15, 0.2) is 0 Å². The lowest BCUT2D eigenvalue weighted by Gasteiger charge is -2.33. The van der Waals surface area contributed by atoms with Gasteiger partial charge in [0.05, 0.1) is 6.61 Å². The van der Waals surface area contributed by atoms with E-state index in [2.05, 4.69) is 0 Å². The van der Waals surface area contributed by atoms with Crippen molar-refractivity contribution in [2.45, 2.75) is 32.7 Å². The fourth-order valence-electron chi connectivity index (χ4n) is 1.62. The number of aliphatic hydroxyl groups is 1. The Morgan fingerprint density at radius 2 is 1.71 bits per heavy atom. The summed E-state index contributed by atoms with van der Waals surface area (Å²) in [7, 11) is 0. The standard InChI is InChI=1S/C8H18BF3NO/c1-3-8(4-2)13(5-6-14)7-9(10,11)12/h8,14H,3-7H2,1-2H3/q-1. The molecule has 2 nitrogen and oxygen atoms in total. The highest BCUT2D eigenvalue weighted by molar-refractivity contribution is 6.58. The average molecular weight is 212 g/mol. The Hall–Kier alpha value is -0.225. The van der Waals surface area contributed by atoms with Crippen molar-refractivity contribution >= 4 is 6.98 Å². The minimum absolute atomic E-state index is 0.0781. The quantitative estimate of drug-likeness (QED) is 0.651. The molecule has 0 atom stereocenters. The van der Waals surface area contributed by atoms with Gasteiger partial charge < -0.3 is 23.0 Å². The van der Waals surface area contributed by atoms with Crippen LogP contribution in [0.25, 0.3) is 0 Å². The Bertz CT molecular complexity index is 150. The summed E-state index contributed by atoms with van der Waals surface area (Å²) in [6.45, 7) is -1.18. The van der Waals surface area contributed by atoms with Crippen LogP contribution in [0.1, 0.15) is 26.7 Å².